The molecule has 0 bridgehead atoms. The van der Waals surface area contributed by atoms with E-state index in [4.69, 9.17) is 9.16 Å². The lowest BCUT2D eigenvalue weighted by atomic mass is 9.83. The predicted octanol–water partition coefficient (Wildman–Crippen LogP) is 4.69. The average Bonchev–Trinajstić information content (AvgIpc) is 2.98. The van der Waals surface area contributed by atoms with Crippen LogP contribution in [0.4, 0.5) is 0 Å². The van der Waals surface area contributed by atoms with Gasteiger partial charge < -0.3 is 9.16 Å². The van der Waals surface area contributed by atoms with Crippen molar-refractivity contribution < 1.29 is 9.16 Å². The van der Waals surface area contributed by atoms with E-state index in [1.807, 2.05) is 0 Å². The van der Waals surface area contributed by atoms with Gasteiger partial charge in [0.25, 0.3) is 0 Å². The highest BCUT2D eigenvalue weighted by molar-refractivity contribution is 6.78. The zero-order valence-corrected chi connectivity index (χ0v) is 15.2. The van der Waals surface area contributed by atoms with Gasteiger partial charge in [-0.2, -0.15) is 0 Å². The molecule has 0 amide bonds. The molecule has 2 nitrogen and oxygen atoms in total. The van der Waals surface area contributed by atoms with Crippen molar-refractivity contribution in [1.82, 2.24) is 0 Å². The van der Waals surface area contributed by atoms with Gasteiger partial charge in [-0.25, -0.2) is 0 Å². The monoisotopic (exact) mass is 306 g/mol. The summed E-state index contributed by atoms with van der Waals surface area (Å²) in [5.74, 6) is 1.25. The second kappa shape index (κ2) is 5.67. The molecule has 0 saturated carbocycles. The lowest BCUT2D eigenvalue weighted by Gasteiger charge is -2.40. The number of rotatable bonds is 2. The molecule has 2 aliphatic heterocycles. The van der Waals surface area contributed by atoms with E-state index in [9.17, 15) is 0 Å². The van der Waals surface area contributed by atoms with Crippen LogP contribution in [-0.2, 0) is 9.16 Å². The van der Waals surface area contributed by atoms with E-state index >= 15 is 0 Å². The molecule has 3 heteroatoms. The molecule has 0 aromatic carbocycles. The third-order valence-corrected chi connectivity index (χ3v) is 11.9. The first-order valence-electron chi connectivity index (χ1n) is 8.54. The molecule has 3 aliphatic rings. The quantitative estimate of drug-likeness (QED) is 0.544. The molecule has 2 fully saturated rings. The molecule has 0 unspecified atom stereocenters. The van der Waals surface area contributed by atoms with Crippen LogP contribution in [-0.4, -0.2) is 28.1 Å². The van der Waals surface area contributed by atoms with Crippen molar-refractivity contribution in [3.05, 3.63) is 23.3 Å². The highest BCUT2D eigenvalue weighted by Gasteiger charge is 2.57. The van der Waals surface area contributed by atoms with Crippen LogP contribution in [0.1, 0.15) is 41.0 Å². The summed E-state index contributed by atoms with van der Waals surface area (Å²) >= 11 is 0. The Morgan fingerprint density at radius 2 is 1.86 bits per heavy atom. The highest BCUT2D eigenvalue weighted by Crippen LogP contribution is 2.55. The Balaban J connectivity index is 2.04. The topological polar surface area (TPSA) is 18.5 Å². The molecular formula is C18H30O2Si. The molecule has 0 aromatic heterocycles. The number of hydrogen-bond acceptors (Lipinski definition) is 2. The normalized spacial score (nSPS) is 40.0. The Bertz CT molecular complexity index is 456. The molecule has 21 heavy (non-hydrogen) atoms. The van der Waals surface area contributed by atoms with Crippen LogP contribution in [0, 0.1) is 11.8 Å². The number of fused-ring (bicyclic) bond motifs is 3. The van der Waals surface area contributed by atoms with Crippen LogP contribution in [0.3, 0.4) is 0 Å². The maximum atomic E-state index is 6.69. The minimum absolute atomic E-state index is 0.603. The van der Waals surface area contributed by atoms with Gasteiger partial charge in [0.05, 0.1) is 13.2 Å². The average molecular weight is 307 g/mol. The molecule has 118 valence electrons. The van der Waals surface area contributed by atoms with Gasteiger partial charge in [0, 0.05) is 18.1 Å². The van der Waals surface area contributed by atoms with E-state index in [0.717, 1.165) is 26.2 Å². The Hall–Kier alpha value is -0.383. The fraction of sp³-hybridized carbons (Fsp3) is 0.778. The van der Waals surface area contributed by atoms with Crippen LogP contribution in [0.15, 0.2) is 23.3 Å². The van der Waals surface area contributed by atoms with Crippen molar-refractivity contribution in [3.63, 3.8) is 0 Å². The fourth-order valence-corrected chi connectivity index (χ4v) is 10.7. The van der Waals surface area contributed by atoms with Crippen molar-refractivity contribution in [1.29, 1.82) is 0 Å². The number of ether oxygens (including phenoxy) is 1. The first kappa shape index (κ1) is 15.5. The minimum atomic E-state index is -1.76. The van der Waals surface area contributed by atoms with Gasteiger partial charge in [0.15, 0.2) is 0 Å². The summed E-state index contributed by atoms with van der Waals surface area (Å²) in [5, 5.41) is 0. The second-order valence-electron chi connectivity index (χ2n) is 7.78. The lowest BCUT2D eigenvalue weighted by Crippen LogP contribution is -2.45. The Morgan fingerprint density at radius 1 is 1.14 bits per heavy atom. The smallest absolute Gasteiger partial charge is 0.204 e. The maximum Gasteiger partial charge on any atom is 0.204 e. The molecule has 3 rings (SSSR count). The van der Waals surface area contributed by atoms with Crippen molar-refractivity contribution in [3.8, 4) is 0 Å². The van der Waals surface area contributed by atoms with Crippen LogP contribution < -0.4 is 0 Å². The van der Waals surface area contributed by atoms with Crippen molar-refractivity contribution in [2.45, 2.75) is 57.7 Å². The van der Waals surface area contributed by atoms with Crippen molar-refractivity contribution in [2.24, 2.45) is 11.8 Å². The van der Waals surface area contributed by atoms with Crippen LogP contribution >= 0.6 is 0 Å². The van der Waals surface area contributed by atoms with Gasteiger partial charge in [0.2, 0.25) is 8.32 Å². The Kier molecular flexibility index (Phi) is 4.19. The molecule has 0 N–H and O–H groups in total. The molecule has 2 heterocycles. The SMILES string of the molecule is C/C1=C/[C@@H]2[C@H](CO[Si]2(C(C)C)C(C)C)[C@@H]2COC/C2=C/C1. The summed E-state index contributed by atoms with van der Waals surface area (Å²) in [6.07, 6.45) is 6.11. The first-order chi connectivity index (χ1) is 9.96. The molecule has 0 aromatic rings. The van der Waals surface area contributed by atoms with Crippen LogP contribution in [0.5, 0.6) is 0 Å². The zero-order valence-electron chi connectivity index (χ0n) is 14.2. The molecule has 1 aliphatic carbocycles. The summed E-state index contributed by atoms with van der Waals surface area (Å²) in [6, 6.07) is 0. The maximum absolute atomic E-state index is 6.69. The minimum Gasteiger partial charge on any atom is -0.415 e. The molecular weight excluding hydrogens is 276 g/mol. The fourth-order valence-electron chi connectivity index (χ4n) is 4.96. The summed E-state index contributed by atoms with van der Waals surface area (Å²) < 4.78 is 12.5. The third-order valence-electron chi connectivity index (χ3n) is 6.02. The molecule has 0 spiro atoms. The van der Waals surface area contributed by atoms with E-state index in [1.54, 1.807) is 5.57 Å². The van der Waals surface area contributed by atoms with Gasteiger partial charge >= 0.3 is 0 Å². The summed E-state index contributed by atoms with van der Waals surface area (Å²) in [5.41, 5.74) is 5.06. The predicted molar refractivity (Wildman–Crippen MR) is 89.9 cm³/mol. The van der Waals surface area contributed by atoms with Gasteiger partial charge in [-0.3, -0.25) is 0 Å². The second-order valence-corrected chi connectivity index (χ2v) is 12.8. The van der Waals surface area contributed by atoms with Gasteiger partial charge in [-0.05, 0) is 35.9 Å². The molecule has 3 atom stereocenters. The molecule has 0 radical (unpaired) electrons. The van der Waals surface area contributed by atoms with Crippen LogP contribution in [0.2, 0.25) is 16.6 Å². The third kappa shape index (κ3) is 2.38. The van der Waals surface area contributed by atoms with E-state index < -0.39 is 8.32 Å². The zero-order chi connectivity index (χ0) is 15.2. The first-order valence-corrected chi connectivity index (χ1v) is 10.7. The standard InChI is InChI=1S/C18H30O2Si/c1-12(2)21(13(3)4)18-8-14(5)6-7-15-9-19-10-16(15)17(18)11-20-21/h7-8,12-13,16-18H,6,9-11H2,1-5H3/b14-8-,15-7-/t16-,17-,18-/m1/s1. The lowest BCUT2D eigenvalue weighted by molar-refractivity contribution is 0.163. The molecule has 2 saturated heterocycles. The highest BCUT2D eigenvalue weighted by atomic mass is 28.4. The van der Waals surface area contributed by atoms with Gasteiger partial charge in [-0.1, -0.05) is 45.4 Å². The van der Waals surface area contributed by atoms with E-state index in [1.165, 1.54) is 5.57 Å². The van der Waals surface area contributed by atoms with E-state index in [0.29, 0.717) is 28.5 Å². The van der Waals surface area contributed by atoms with Crippen molar-refractivity contribution in [2.75, 3.05) is 19.8 Å². The summed E-state index contributed by atoms with van der Waals surface area (Å²) in [6.45, 7) is 14.5. The van der Waals surface area contributed by atoms with E-state index in [-0.39, 0.29) is 0 Å². The van der Waals surface area contributed by atoms with Gasteiger partial charge in [-0.15, -0.1) is 0 Å². The summed E-state index contributed by atoms with van der Waals surface area (Å²) in [7, 11) is -1.76. The number of allylic oxidation sites excluding steroid dienone is 3. The van der Waals surface area contributed by atoms with Crippen LogP contribution in [0.25, 0.3) is 0 Å². The summed E-state index contributed by atoms with van der Waals surface area (Å²) in [4.78, 5) is 0. The van der Waals surface area contributed by atoms with Gasteiger partial charge in [0.1, 0.15) is 0 Å². The Morgan fingerprint density at radius 3 is 2.52 bits per heavy atom. The van der Waals surface area contributed by atoms with E-state index in [2.05, 4.69) is 46.8 Å². The number of hydrogen-bond donors (Lipinski definition) is 0. The largest absolute Gasteiger partial charge is 0.415 e. The Labute approximate surface area is 130 Å². The van der Waals surface area contributed by atoms with Crippen molar-refractivity contribution >= 4 is 8.32 Å².